The summed E-state index contributed by atoms with van der Waals surface area (Å²) in [5.74, 6) is -0.233. The fourth-order valence-corrected chi connectivity index (χ4v) is 7.24. The number of aromatic nitrogens is 1. The summed E-state index contributed by atoms with van der Waals surface area (Å²) in [6.07, 6.45) is 4.26. The smallest absolute Gasteiger partial charge is 0.253 e. The molecule has 2 aromatic carbocycles. The Morgan fingerprint density at radius 2 is 1.71 bits per heavy atom. The van der Waals surface area contributed by atoms with Gasteiger partial charge < -0.3 is 25.0 Å². The van der Waals surface area contributed by atoms with E-state index in [0.717, 1.165) is 85.7 Å². The summed E-state index contributed by atoms with van der Waals surface area (Å²) in [7, 11) is 2.19. The number of hydrogen-bond donors (Lipinski definition) is 2. The monoisotopic (exact) mass is 652 g/mol. The minimum absolute atomic E-state index is 0.0251. The first-order chi connectivity index (χ1) is 23.1. The number of carbonyl (C=O) groups is 2. The normalized spacial score (nSPS) is 16.4. The predicted octanol–water partition coefficient (Wildman–Crippen LogP) is 5.04. The van der Waals surface area contributed by atoms with Gasteiger partial charge in [-0.2, -0.15) is 0 Å². The maximum absolute atomic E-state index is 13.9. The Labute approximate surface area is 285 Å². The zero-order valence-corrected chi connectivity index (χ0v) is 29.4. The zero-order chi connectivity index (χ0) is 34.4. The third-order valence-electron chi connectivity index (χ3n) is 10.1. The standard InChI is InChI=1S/C39H52N6O3/c1-7-37(46)44-18-14-33(15-19-44)45(8-2)36-24-32(31-12-10-30(11-13-31)26-43-17-9-16-42(6)20-21-43)23-34(29(36)5)38(47)40-25-35-27(3)22-28(4)41-39(35)48/h7,10-13,22-24,33H,1,8-9,14-21,25-26H2,2-6H3,(H,40,47)(H,41,48). The van der Waals surface area contributed by atoms with E-state index in [1.54, 1.807) is 0 Å². The highest BCUT2D eigenvalue weighted by atomic mass is 16.2. The first-order valence-electron chi connectivity index (χ1n) is 17.4. The summed E-state index contributed by atoms with van der Waals surface area (Å²) in [6, 6.07) is 15.1. The van der Waals surface area contributed by atoms with Gasteiger partial charge in [0.2, 0.25) is 5.91 Å². The Morgan fingerprint density at radius 1 is 0.979 bits per heavy atom. The van der Waals surface area contributed by atoms with Crippen molar-refractivity contribution in [1.82, 2.24) is 25.0 Å². The summed E-state index contributed by atoms with van der Waals surface area (Å²) >= 11 is 0. The molecule has 2 saturated heterocycles. The molecule has 2 amide bonds. The molecule has 2 fully saturated rings. The van der Waals surface area contributed by atoms with Gasteiger partial charge in [-0.05, 0) is 119 Å². The number of likely N-dealkylation sites (N-methyl/N-ethyl adjacent to an activating group) is 1. The summed E-state index contributed by atoms with van der Waals surface area (Å²) in [4.78, 5) is 50.9. The number of nitrogens with zero attached hydrogens (tertiary/aromatic N) is 4. The van der Waals surface area contributed by atoms with Gasteiger partial charge in [0.25, 0.3) is 11.5 Å². The van der Waals surface area contributed by atoms with E-state index in [0.29, 0.717) is 24.2 Å². The minimum atomic E-state index is -0.208. The van der Waals surface area contributed by atoms with Crippen LogP contribution in [-0.2, 0) is 17.9 Å². The zero-order valence-electron chi connectivity index (χ0n) is 29.4. The number of amides is 2. The lowest BCUT2D eigenvalue weighted by Crippen LogP contribution is -2.46. The Morgan fingerprint density at radius 3 is 2.38 bits per heavy atom. The fourth-order valence-electron chi connectivity index (χ4n) is 7.24. The van der Waals surface area contributed by atoms with E-state index in [2.05, 4.69) is 75.9 Å². The van der Waals surface area contributed by atoms with Gasteiger partial charge in [0.15, 0.2) is 0 Å². The lowest BCUT2D eigenvalue weighted by atomic mass is 9.94. The number of aryl methyl sites for hydroxylation is 2. The number of benzene rings is 2. The van der Waals surface area contributed by atoms with Crippen molar-refractivity contribution < 1.29 is 9.59 Å². The molecule has 2 aliphatic heterocycles. The summed E-state index contributed by atoms with van der Waals surface area (Å²) in [6.45, 7) is 19.2. The van der Waals surface area contributed by atoms with Crippen molar-refractivity contribution in [3.05, 3.63) is 99.0 Å². The van der Waals surface area contributed by atoms with Crippen LogP contribution >= 0.6 is 0 Å². The molecule has 0 saturated carbocycles. The van der Waals surface area contributed by atoms with Crippen LogP contribution in [0.1, 0.15) is 64.5 Å². The number of pyridine rings is 1. The van der Waals surface area contributed by atoms with E-state index in [-0.39, 0.29) is 30.0 Å². The minimum Gasteiger partial charge on any atom is -0.368 e. The van der Waals surface area contributed by atoms with Gasteiger partial charge in [-0.3, -0.25) is 19.3 Å². The molecule has 0 aliphatic carbocycles. The van der Waals surface area contributed by atoms with Crippen molar-refractivity contribution in [3.63, 3.8) is 0 Å². The number of aromatic amines is 1. The number of nitrogens with one attached hydrogen (secondary N) is 2. The maximum atomic E-state index is 13.9. The highest BCUT2D eigenvalue weighted by molar-refractivity contribution is 5.99. The van der Waals surface area contributed by atoms with Gasteiger partial charge >= 0.3 is 0 Å². The van der Waals surface area contributed by atoms with Crippen LogP contribution in [0.4, 0.5) is 5.69 Å². The summed E-state index contributed by atoms with van der Waals surface area (Å²) in [5.41, 5.74) is 7.87. The number of rotatable bonds is 10. The Kier molecular flexibility index (Phi) is 11.5. The van der Waals surface area contributed by atoms with Gasteiger partial charge in [-0.25, -0.2) is 0 Å². The van der Waals surface area contributed by atoms with E-state index in [4.69, 9.17) is 0 Å². The quantitative estimate of drug-likeness (QED) is 0.299. The number of likely N-dealkylation sites (tertiary alicyclic amines) is 1. The number of hydrogen-bond acceptors (Lipinski definition) is 6. The van der Waals surface area contributed by atoms with E-state index < -0.39 is 0 Å². The van der Waals surface area contributed by atoms with Gasteiger partial charge in [0.1, 0.15) is 0 Å². The third-order valence-corrected chi connectivity index (χ3v) is 10.1. The molecule has 0 radical (unpaired) electrons. The molecule has 0 unspecified atom stereocenters. The van der Waals surface area contributed by atoms with Crippen LogP contribution in [0.15, 0.2) is 59.9 Å². The van der Waals surface area contributed by atoms with Crippen molar-refractivity contribution >= 4 is 17.5 Å². The summed E-state index contributed by atoms with van der Waals surface area (Å²) < 4.78 is 0. The topological polar surface area (TPSA) is 92.0 Å². The second kappa shape index (κ2) is 15.8. The Bertz CT molecular complexity index is 1670. The molecule has 5 rings (SSSR count). The second-order valence-corrected chi connectivity index (χ2v) is 13.5. The predicted molar refractivity (Wildman–Crippen MR) is 195 cm³/mol. The van der Waals surface area contributed by atoms with Crippen molar-refractivity contribution in [1.29, 1.82) is 0 Å². The van der Waals surface area contributed by atoms with Crippen LogP contribution in [-0.4, -0.2) is 90.4 Å². The molecule has 3 heterocycles. The van der Waals surface area contributed by atoms with Crippen LogP contribution in [0.25, 0.3) is 11.1 Å². The fraction of sp³-hybridized carbons (Fsp3) is 0.462. The molecule has 0 bridgehead atoms. The molecule has 9 heteroatoms. The summed E-state index contributed by atoms with van der Waals surface area (Å²) in [5, 5.41) is 3.05. The largest absolute Gasteiger partial charge is 0.368 e. The lowest BCUT2D eigenvalue weighted by molar-refractivity contribution is -0.127. The van der Waals surface area contributed by atoms with Gasteiger partial charge in [0.05, 0.1) is 0 Å². The first-order valence-corrected chi connectivity index (χ1v) is 17.4. The highest BCUT2D eigenvalue weighted by Gasteiger charge is 2.28. The Hall–Kier alpha value is -4.21. The molecular weight excluding hydrogens is 600 g/mol. The number of H-pyrrole nitrogens is 1. The molecule has 2 N–H and O–H groups in total. The molecule has 0 atom stereocenters. The van der Waals surface area contributed by atoms with Crippen molar-refractivity contribution in [2.24, 2.45) is 0 Å². The number of carbonyl (C=O) groups excluding carboxylic acids is 2. The van der Waals surface area contributed by atoms with E-state index >= 15 is 0 Å². The molecule has 1 aromatic heterocycles. The number of anilines is 1. The number of piperidine rings is 1. The van der Waals surface area contributed by atoms with Gasteiger partial charge in [0, 0.05) is 74.4 Å². The molecule has 9 nitrogen and oxygen atoms in total. The SMILES string of the molecule is C=CC(=O)N1CCC(N(CC)c2cc(-c3ccc(CN4CCCN(C)CC4)cc3)cc(C(=O)NCc3c(C)cc(C)[nH]c3=O)c2C)CC1. The van der Waals surface area contributed by atoms with E-state index in [1.165, 1.54) is 18.1 Å². The second-order valence-electron chi connectivity index (χ2n) is 13.5. The Balaban J connectivity index is 1.45. The lowest BCUT2D eigenvalue weighted by Gasteiger charge is -2.40. The average molecular weight is 653 g/mol. The van der Waals surface area contributed by atoms with E-state index in [1.807, 2.05) is 37.8 Å². The van der Waals surface area contributed by atoms with E-state index in [9.17, 15) is 14.4 Å². The van der Waals surface area contributed by atoms with Crippen molar-refractivity contribution in [2.75, 3.05) is 57.8 Å². The average Bonchev–Trinajstić information content (AvgIpc) is 3.28. The molecule has 3 aromatic rings. The van der Waals surface area contributed by atoms with Crippen LogP contribution in [0.2, 0.25) is 0 Å². The van der Waals surface area contributed by atoms with Crippen LogP contribution < -0.4 is 15.8 Å². The molecule has 48 heavy (non-hydrogen) atoms. The highest BCUT2D eigenvalue weighted by Crippen LogP contribution is 2.34. The molecule has 0 spiro atoms. The van der Waals surface area contributed by atoms with Gasteiger partial charge in [-0.15, -0.1) is 0 Å². The van der Waals surface area contributed by atoms with Crippen LogP contribution in [0.5, 0.6) is 0 Å². The third kappa shape index (κ3) is 8.25. The van der Waals surface area contributed by atoms with Gasteiger partial charge in [-0.1, -0.05) is 30.8 Å². The maximum Gasteiger partial charge on any atom is 0.253 e. The first kappa shape index (κ1) is 35.1. The van der Waals surface area contributed by atoms with Crippen molar-refractivity contribution in [3.8, 4) is 11.1 Å². The molecule has 256 valence electrons. The molecular formula is C39H52N6O3. The molecule has 2 aliphatic rings. The van der Waals surface area contributed by atoms with Crippen LogP contribution in [0, 0.1) is 20.8 Å². The van der Waals surface area contributed by atoms with Crippen molar-refractivity contribution in [2.45, 2.75) is 66.1 Å². The van der Waals surface area contributed by atoms with Crippen LogP contribution in [0.3, 0.4) is 0 Å².